The maximum absolute atomic E-state index is 12.0. The zero-order chi connectivity index (χ0) is 11.3. The van der Waals surface area contributed by atoms with Crippen LogP contribution in [0.25, 0.3) is 0 Å². The van der Waals surface area contributed by atoms with E-state index in [2.05, 4.69) is 31.4 Å². The van der Waals surface area contributed by atoms with Crippen molar-refractivity contribution in [2.75, 3.05) is 13.1 Å². The Hall–Kier alpha value is -0.570. The fourth-order valence-electron chi connectivity index (χ4n) is 2.26. The first kappa shape index (κ1) is 12.5. The molecule has 0 aliphatic carbocycles. The second-order valence-corrected chi connectivity index (χ2v) is 4.52. The van der Waals surface area contributed by atoms with Crippen molar-refractivity contribution in [1.82, 2.24) is 10.6 Å². The molecule has 15 heavy (non-hydrogen) atoms. The third-order valence-corrected chi connectivity index (χ3v) is 3.85. The lowest BCUT2D eigenvalue weighted by Crippen LogP contribution is -2.49. The van der Waals surface area contributed by atoms with Crippen LogP contribution in [-0.4, -0.2) is 24.5 Å². The summed E-state index contributed by atoms with van der Waals surface area (Å²) < 4.78 is 0. The van der Waals surface area contributed by atoms with Crippen molar-refractivity contribution in [3.05, 3.63) is 0 Å². The number of nitrogens with one attached hydrogen (secondary N) is 2. The summed E-state index contributed by atoms with van der Waals surface area (Å²) in [5.74, 6) is 0.430. The lowest BCUT2D eigenvalue weighted by molar-refractivity contribution is -0.126. The van der Waals surface area contributed by atoms with Gasteiger partial charge in [-0.3, -0.25) is 4.79 Å². The first-order valence-corrected chi connectivity index (χ1v) is 6.20. The van der Waals surface area contributed by atoms with Gasteiger partial charge in [0, 0.05) is 12.1 Å². The Morgan fingerprint density at radius 2 is 1.93 bits per heavy atom. The molecule has 1 atom stereocenters. The molecular weight excluding hydrogens is 188 g/mol. The normalized spacial score (nSPS) is 21.7. The lowest BCUT2D eigenvalue weighted by atomic mass is 9.89. The second-order valence-electron chi connectivity index (χ2n) is 4.52. The monoisotopic (exact) mass is 212 g/mol. The molecule has 1 aliphatic rings. The molecule has 0 saturated carbocycles. The Morgan fingerprint density at radius 3 is 2.33 bits per heavy atom. The highest BCUT2D eigenvalue weighted by molar-refractivity contribution is 5.80. The van der Waals surface area contributed by atoms with Gasteiger partial charge in [-0.15, -0.1) is 0 Å². The molecule has 3 nitrogen and oxygen atoms in total. The van der Waals surface area contributed by atoms with Gasteiger partial charge in [0.15, 0.2) is 0 Å². The summed E-state index contributed by atoms with van der Waals surface area (Å²) in [6, 6.07) is 0. The number of carbonyl (C=O) groups excluding carboxylic acids is 1. The van der Waals surface area contributed by atoms with Crippen molar-refractivity contribution in [1.29, 1.82) is 0 Å². The number of amides is 1. The van der Waals surface area contributed by atoms with Gasteiger partial charge in [-0.1, -0.05) is 20.8 Å². The minimum atomic E-state index is 0.0275. The zero-order valence-corrected chi connectivity index (χ0v) is 10.2. The fraction of sp³-hybridized carbons (Fsp3) is 0.917. The fourth-order valence-corrected chi connectivity index (χ4v) is 2.26. The summed E-state index contributed by atoms with van der Waals surface area (Å²) in [6.07, 6.45) is 4.04. The van der Waals surface area contributed by atoms with E-state index in [1.165, 1.54) is 0 Å². The van der Waals surface area contributed by atoms with E-state index < -0.39 is 0 Å². The van der Waals surface area contributed by atoms with Crippen molar-refractivity contribution < 1.29 is 4.79 Å². The molecule has 1 aliphatic heterocycles. The van der Waals surface area contributed by atoms with Crippen LogP contribution < -0.4 is 10.6 Å². The van der Waals surface area contributed by atoms with Crippen LogP contribution >= 0.6 is 0 Å². The molecule has 1 fully saturated rings. The van der Waals surface area contributed by atoms with Crippen molar-refractivity contribution in [2.45, 2.75) is 52.0 Å². The van der Waals surface area contributed by atoms with Gasteiger partial charge in [-0.2, -0.15) is 0 Å². The average molecular weight is 212 g/mol. The molecular formula is C12H24N2O. The van der Waals surface area contributed by atoms with Gasteiger partial charge in [0.25, 0.3) is 0 Å². The molecule has 1 rings (SSSR count). The van der Waals surface area contributed by atoms with E-state index in [0.29, 0.717) is 0 Å². The Labute approximate surface area is 93.0 Å². The summed E-state index contributed by atoms with van der Waals surface area (Å²) >= 11 is 0. The van der Waals surface area contributed by atoms with Crippen LogP contribution in [0.4, 0.5) is 0 Å². The third-order valence-electron chi connectivity index (χ3n) is 3.85. The molecule has 0 bridgehead atoms. The standard InChI is InChI=1S/C12H24N2O/c1-4-12(5-2,6-3)14-11(15)10-7-8-13-9-10/h10,13H,4-9H2,1-3H3,(H,14,15)/t10-/m1/s1. The van der Waals surface area contributed by atoms with Crippen LogP contribution in [0.3, 0.4) is 0 Å². The van der Waals surface area contributed by atoms with Gasteiger partial charge < -0.3 is 10.6 Å². The maximum Gasteiger partial charge on any atom is 0.224 e. The Bertz CT molecular complexity index is 197. The summed E-state index contributed by atoms with van der Waals surface area (Å²) in [4.78, 5) is 12.0. The van der Waals surface area contributed by atoms with Gasteiger partial charge in [0.2, 0.25) is 5.91 Å². The first-order valence-electron chi connectivity index (χ1n) is 6.20. The smallest absolute Gasteiger partial charge is 0.224 e. The number of hydrogen-bond donors (Lipinski definition) is 2. The van der Waals surface area contributed by atoms with Crippen molar-refractivity contribution >= 4 is 5.91 Å². The van der Waals surface area contributed by atoms with Crippen LogP contribution in [0.15, 0.2) is 0 Å². The van der Waals surface area contributed by atoms with Gasteiger partial charge >= 0.3 is 0 Å². The molecule has 1 heterocycles. The molecule has 88 valence electrons. The second kappa shape index (κ2) is 5.50. The van der Waals surface area contributed by atoms with Crippen LogP contribution in [0, 0.1) is 5.92 Å². The van der Waals surface area contributed by atoms with Crippen molar-refractivity contribution in [3.8, 4) is 0 Å². The van der Waals surface area contributed by atoms with E-state index in [9.17, 15) is 4.79 Å². The van der Waals surface area contributed by atoms with Crippen molar-refractivity contribution in [2.24, 2.45) is 5.92 Å². The Morgan fingerprint density at radius 1 is 1.33 bits per heavy atom. The van der Waals surface area contributed by atoms with Crippen LogP contribution in [0.5, 0.6) is 0 Å². The Kier molecular flexibility index (Phi) is 4.58. The number of carbonyl (C=O) groups is 1. The molecule has 0 aromatic rings. The van der Waals surface area contributed by atoms with Crippen LogP contribution in [-0.2, 0) is 4.79 Å². The minimum Gasteiger partial charge on any atom is -0.350 e. The predicted molar refractivity (Wildman–Crippen MR) is 62.7 cm³/mol. The summed E-state index contributed by atoms with van der Waals surface area (Å²) in [7, 11) is 0. The molecule has 0 spiro atoms. The SMILES string of the molecule is CCC(CC)(CC)NC(=O)[C@@H]1CCNC1. The van der Waals surface area contributed by atoms with E-state index in [1.807, 2.05) is 0 Å². The maximum atomic E-state index is 12.0. The van der Waals surface area contributed by atoms with Crippen LogP contribution in [0.1, 0.15) is 46.5 Å². The van der Waals surface area contributed by atoms with E-state index in [4.69, 9.17) is 0 Å². The average Bonchev–Trinajstić information content (AvgIpc) is 2.79. The van der Waals surface area contributed by atoms with Crippen LogP contribution in [0.2, 0.25) is 0 Å². The van der Waals surface area contributed by atoms with E-state index in [-0.39, 0.29) is 17.4 Å². The first-order chi connectivity index (χ1) is 7.17. The molecule has 0 unspecified atom stereocenters. The van der Waals surface area contributed by atoms with Gasteiger partial charge in [0.05, 0.1) is 5.92 Å². The summed E-state index contributed by atoms with van der Waals surface area (Å²) in [6.45, 7) is 8.29. The molecule has 0 radical (unpaired) electrons. The Balaban J connectivity index is 2.53. The van der Waals surface area contributed by atoms with E-state index in [0.717, 1.165) is 38.8 Å². The molecule has 1 amide bonds. The highest BCUT2D eigenvalue weighted by Gasteiger charge is 2.30. The highest BCUT2D eigenvalue weighted by Crippen LogP contribution is 2.20. The lowest BCUT2D eigenvalue weighted by Gasteiger charge is -2.32. The van der Waals surface area contributed by atoms with Gasteiger partial charge in [0.1, 0.15) is 0 Å². The largest absolute Gasteiger partial charge is 0.350 e. The molecule has 3 heteroatoms. The number of hydrogen-bond acceptors (Lipinski definition) is 2. The zero-order valence-electron chi connectivity index (χ0n) is 10.2. The predicted octanol–water partition coefficient (Wildman–Crippen LogP) is 1.68. The topological polar surface area (TPSA) is 41.1 Å². The minimum absolute atomic E-state index is 0.0275. The van der Waals surface area contributed by atoms with E-state index in [1.54, 1.807) is 0 Å². The summed E-state index contributed by atoms with van der Waals surface area (Å²) in [5, 5.41) is 6.47. The quantitative estimate of drug-likeness (QED) is 0.728. The van der Waals surface area contributed by atoms with Crippen molar-refractivity contribution in [3.63, 3.8) is 0 Å². The van der Waals surface area contributed by atoms with Gasteiger partial charge in [-0.25, -0.2) is 0 Å². The third kappa shape index (κ3) is 2.94. The van der Waals surface area contributed by atoms with E-state index >= 15 is 0 Å². The molecule has 0 aromatic heterocycles. The molecule has 1 saturated heterocycles. The van der Waals surface area contributed by atoms with Gasteiger partial charge in [-0.05, 0) is 32.2 Å². The summed E-state index contributed by atoms with van der Waals surface area (Å²) in [5.41, 5.74) is 0.0275. The number of rotatable bonds is 5. The molecule has 2 N–H and O–H groups in total. The molecule has 0 aromatic carbocycles. The highest BCUT2D eigenvalue weighted by atomic mass is 16.2.